The highest BCUT2D eigenvalue weighted by molar-refractivity contribution is 5.95. The third kappa shape index (κ3) is 3.27. The first-order valence-corrected chi connectivity index (χ1v) is 7.35. The van der Waals surface area contributed by atoms with E-state index in [0.29, 0.717) is 35.9 Å². The Labute approximate surface area is 131 Å². The van der Waals surface area contributed by atoms with Crippen molar-refractivity contribution < 1.29 is 19.0 Å². The van der Waals surface area contributed by atoms with E-state index < -0.39 is 0 Å². The Morgan fingerprint density at radius 3 is 1.95 bits per heavy atom. The highest BCUT2D eigenvalue weighted by Crippen LogP contribution is 2.38. The van der Waals surface area contributed by atoms with Crippen LogP contribution in [-0.2, 0) is 0 Å². The van der Waals surface area contributed by atoms with Crippen molar-refractivity contribution in [1.29, 1.82) is 0 Å². The van der Waals surface area contributed by atoms with Gasteiger partial charge in [-0.05, 0) is 26.0 Å². The van der Waals surface area contributed by atoms with Gasteiger partial charge in [-0.25, -0.2) is 0 Å². The fourth-order valence-electron chi connectivity index (χ4n) is 2.88. The summed E-state index contributed by atoms with van der Waals surface area (Å²) in [5, 5.41) is 3.42. The maximum atomic E-state index is 12.8. The first-order valence-electron chi connectivity index (χ1n) is 7.35. The van der Waals surface area contributed by atoms with E-state index in [2.05, 4.69) is 19.2 Å². The van der Waals surface area contributed by atoms with Gasteiger partial charge in [-0.2, -0.15) is 0 Å². The summed E-state index contributed by atoms with van der Waals surface area (Å²) in [6.07, 6.45) is 0. The van der Waals surface area contributed by atoms with Gasteiger partial charge in [-0.15, -0.1) is 0 Å². The summed E-state index contributed by atoms with van der Waals surface area (Å²) in [7, 11) is 4.63. The molecule has 1 aliphatic rings. The number of hydrogen-bond acceptors (Lipinski definition) is 5. The zero-order valence-corrected chi connectivity index (χ0v) is 13.8. The van der Waals surface area contributed by atoms with Crippen LogP contribution in [0.5, 0.6) is 17.2 Å². The minimum Gasteiger partial charge on any atom is -0.493 e. The molecular formula is C16H24N2O4. The smallest absolute Gasteiger partial charge is 0.254 e. The quantitative estimate of drug-likeness (QED) is 0.914. The van der Waals surface area contributed by atoms with Crippen molar-refractivity contribution in [3.05, 3.63) is 17.7 Å². The van der Waals surface area contributed by atoms with Crippen LogP contribution in [0, 0.1) is 0 Å². The number of nitrogens with zero attached hydrogens (tertiary/aromatic N) is 1. The number of hydrogen-bond donors (Lipinski definition) is 1. The molecule has 122 valence electrons. The summed E-state index contributed by atoms with van der Waals surface area (Å²) < 4.78 is 15.9. The van der Waals surface area contributed by atoms with Crippen LogP contribution in [-0.4, -0.2) is 57.3 Å². The van der Waals surface area contributed by atoms with Crippen molar-refractivity contribution in [3.63, 3.8) is 0 Å². The monoisotopic (exact) mass is 308 g/mol. The van der Waals surface area contributed by atoms with Gasteiger partial charge in [0.2, 0.25) is 5.75 Å². The van der Waals surface area contributed by atoms with Gasteiger partial charge in [0.25, 0.3) is 5.91 Å². The molecule has 1 saturated heterocycles. The summed E-state index contributed by atoms with van der Waals surface area (Å²) in [4.78, 5) is 14.6. The van der Waals surface area contributed by atoms with Crippen LogP contribution in [0.1, 0.15) is 24.2 Å². The van der Waals surface area contributed by atoms with Crippen molar-refractivity contribution in [2.75, 3.05) is 34.4 Å². The Kier molecular flexibility index (Phi) is 5.13. The zero-order valence-electron chi connectivity index (χ0n) is 13.8. The number of piperazine rings is 1. The number of rotatable bonds is 4. The summed E-state index contributed by atoms with van der Waals surface area (Å²) in [5.74, 6) is 1.44. The highest BCUT2D eigenvalue weighted by Gasteiger charge is 2.27. The largest absolute Gasteiger partial charge is 0.493 e. The Morgan fingerprint density at radius 1 is 1.05 bits per heavy atom. The van der Waals surface area contributed by atoms with Crippen molar-refractivity contribution in [2.24, 2.45) is 0 Å². The van der Waals surface area contributed by atoms with Crippen molar-refractivity contribution >= 4 is 5.91 Å². The average Bonchev–Trinajstić information content (AvgIpc) is 2.51. The Hall–Kier alpha value is -1.95. The van der Waals surface area contributed by atoms with Crippen molar-refractivity contribution in [3.8, 4) is 17.2 Å². The lowest BCUT2D eigenvalue weighted by Crippen LogP contribution is -2.55. The van der Waals surface area contributed by atoms with Crippen LogP contribution in [0.3, 0.4) is 0 Å². The SMILES string of the molecule is COc1cc(C(=O)N2CC(C)NC(C)C2)cc(OC)c1OC. The molecule has 1 heterocycles. The molecule has 6 nitrogen and oxygen atoms in total. The number of carbonyl (C=O) groups excluding carboxylic acids is 1. The molecule has 1 N–H and O–H groups in total. The van der Waals surface area contributed by atoms with Crippen molar-refractivity contribution in [1.82, 2.24) is 10.2 Å². The molecule has 0 bridgehead atoms. The number of methoxy groups -OCH3 is 3. The van der Waals surface area contributed by atoms with Gasteiger partial charge in [-0.1, -0.05) is 0 Å². The Balaban J connectivity index is 2.33. The second-order valence-electron chi connectivity index (χ2n) is 5.59. The van der Waals surface area contributed by atoms with Gasteiger partial charge in [0.15, 0.2) is 11.5 Å². The van der Waals surface area contributed by atoms with Crippen LogP contribution < -0.4 is 19.5 Å². The van der Waals surface area contributed by atoms with E-state index in [0.717, 1.165) is 0 Å². The number of carbonyl (C=O) groups is 1. The fraction of sp³-hybridized carbons (Fsp3) is 0.562. The average molecular weight is 308 g/mol. The van der Waals surface area contributed by atoms with Crippen LogP contribution in [0.2, 0.25) is 0 Å². The maximum absolute atomic E-state index is 12.8. The zero-order chi connectivity index (χ0) is 16.3. The lowest BCUT2D eigenvalue weighted by molar-refractivity contribution is 0.0673. The second kappa shape index (κ2) is 6.87. The summed E-state index contributed by atoms with van der Waals surface area (Å²) in [6, 6.07) is 3.94. The maximum Gasteiger partial charge on any atom is 0.254 e. The summed E-state index contributed by atoms with van der Waals surface area (Å²) in [6.45, 7) is 5.51. The lowest BCUT2D eigenvalue weighted by atomic mass is 10.1. The summed E-state index contributed by atoms with van der Waals surface area (Å²) in [5.41, 5.74) is 0.538. The van der Waals surface area contributed by atoms with E-state index in [-0.39, 0.29) is 18.0 Å². The van der Waals surface area contributed by atoms with Gasteiger partial charge in [-0.3, -0.25) is 4.79 Å². The molecule has 1 amide bonds. The minimum absolute atomic E-state index is 0.0283. The van der Waals surface area contributed by atoms with E-state index in [1.165, 1.54) is 0 Å². The normalized spacial score (nSPS) is 21.4. The van der Waals surface area contributed by atoms with Crippen molar-refractivity contribution in [2.45, 2.75) is 25.9 Å². The van der Waals surface area contributed by atoms with Gasteiger partial charge < -0.3 is 24.4 Å². The van der Waals surface area contributed by atoms with Crippen LogP contribution in [0.4, 0.5) is 0 Å². The minimum atomic E-state index is -0.0283. The van der Waals surface area contributed by atoms with Crippen LogP contribution >= 0.6 is 0 Å². The third-order valence-corrected chi connectivity index (χ3v) is 3.76. The number of amides is 1. The third-order valence-electron chi connectivity index (χ3n) is 3.76. The fourth-order valence-corrected chi connectivity index (χ4v) is 2.88. The number of nitrogens with one attached hydrogen (secondary N) is 1. The molecule has 2 atom stereocenters. The summed E-state index contributed by atoms with van der Waals surface area (Å²) >= 11 is 0. The number of ether oxygens (including phenoxy) is 3. The number of benzene rings is 1. The molecule has 1 aliphatic heterocycles. The van der Waals surface area contributed by atoms with Gasteiger partial charge in [0, 0.05) is 30.7 Å². The molecule has 1 fully saturated rings. The first-order chi connectivity index (χ1) is 10.5. The molecular weight excluding hydrogens is 284 g/mol. The Morgan fingerprint density at radius 2 is 1.55 bits per heavy atom. The topological polar surface area (TPSA) is 60.0 Å². The van der Waals surface area contributed by atoms with Crippen LogP contribution in [0.25, 0.3) is 0 Å². The standard InChI is InChI=1S/C16H24N2O4/c1-10-8-18(9-11(2)17-10)16(19)12-6-13(20-3)15(22-5)14(7-12)21-4/h6-7,10-11,17H,8-9H2,1-5H3. The van der Waals surface area contributed by atoms with Gasteiger partial charge in [0.1, 0.15) is 0 Å². The second-order valence-corrected chi connectivity index (χ2v) is 5.59. The Bertz CT molecular complexity index is 512. The molecule has 0 aliphatic carbocycles. The van der Waals surface area contributed by atoms with Crippen LogP contribution in [0.15, 0.2) is 12.1 Å². The van der Waals surface area contributed by atoms with Gasteiger partial charge >= 0.3 is 0 Å². The molecule has 1 aromatic rings. The molecule has 2 rings (SSSR count). The van der Waals surface area contributed by atoms with E-state index >= 15 is 0 Å². The molecule has 0 spiro atoms. The molecule has 0 radical (unpaired) electrons. The highest BCUT2D eigenvalue weighted by atomic mass is 16.5. The van der Waals surface area contributed by atoms with Gasteiger partial charge in [0.05, 0.1) is 21.3 Å². The molecule has 0 saturated carbocycles. The predicted molar refractivity (Wildman–Crippen MR) is 84.1 cm³/mol. The van der Waals surface area contributed by atoms with E-state index in [9.17, 15) is 4.79 Å². The first kappa shape index (κ1) is 16.4. The van der Waals surface area contributed by atoms with E-state index in [4.69, 9.17) is 14.2 Å². The molecule has 1 aromatic carbocycles. The molecule has 0 aromatic heterocycles. The predicted octanol–water partition coefficient (Wildman–Crippen LogP) is 1.53. The lowest BCUT2D eigenvalue weighted by Gasteiger charge is -2.36. The molecule has 6 heteroatoms. The molecule has 22 heavy (non-hydrogen) atoms. The van der Waals surface area contributed by atoms with E-state index in [1.54, 1.807) is 33.5 Å². The molecule has 2 unspecified atom stereocenters. The van der Waals surface area contributed by atoms with E-state index in [1.807, 2.05) is 4.90 Å².